The number of amides is 2. The Bertz CT molecular complexity index is 1020. The Hall–Kier alpha value is -2.43. The van der Waals surface area contributed by atoms with Crippen LogP contribution in [0.1, 0.15) is 37.6 Å². The van der Waals surface area contributed by atoms with Crippen LogP contribution in [0.15, 0.2) is 35.2 Å². The molecule has 2 aliphatic heterocycles. The molecule has 2 heterocycles. The van der Waals surface area contributed by atoms with E-state index in [1.54, 1.807) is 24.9 Å². The molecule has 34 heavy (non-hydrogen) atoms. The monoisotopic (exact) mass is 493 g/mol. The summed E-state index contributed by atoms with van der Waals surface area (Å²) in [5.74, 6) is 0.260. The van der Waals surface area contributed by atoms with E-state index in [1.807, 2.05) is 12.2 Å². The molecule has 0 aliphatic carbocycles. The van der Waals surface area contributed by atoms with Gasteiger partial charge in [-0.15, -0.1) is 0 Å². The third kappa shape index (κ3) is 6.17. The van der Waals surface area contributed by atoms with Crippen molar-refractivity contribution in [3.63, 3.8) is 0 Å². The van der Waals surface area contributed by atoms with Gasteiger partial charge >= 0.3 is 0 Å². The molecule has 0 saturated carbocycles. The number of rotatable bonds is 4. The average Bonchev–Trinajstić information content (AvgIpc) is 2.80. The molecule has 1 atom stereocenters. The van der Waals surface area contributed by atoms with Crippen LogP contribution in [0.3, 0.4) is 0 Å². The number of hydrogen-bond donors (Lipinski definition) is 0. The van der Waals surface area contributed by atoms with Crippen LogP contribution >= 0.6 is 0 Å². The minimum Gasteiger partial charge on any atom is -0.491 e. The standard InChI is InChI=1S/C24H35N3O6S/c1-18(2)15-20-17-33-23-8-7-21(34(30,31)26-11-13-32-14-12-26)16-22(23)24(29)25(4)9-5-6-10-27(20)19(3)28/h5-8,16,18,20H,9-15,17H2,1-4H3/b6-5+/t20-/m1/s1. The maximum Gasteiger partial charge on any atom is 0.257 e. The summed E-state index contributed by atoms with van der Waals surface area (Å²) in [5, 5.41) is 0. The summed E-state index contributed by atoms with van der Waals surface area (Å²) in [6.45, 7) is 7.87. The van der Waals surface area contributed by atoms with Crippen LogP contribution in [-0.4, -0.2) is 93.4 Å². The van der Waals surface area contributed by atoms with E-state index in [0.29, 0.717) is 38.0 Å². The zero-order chi connectivity index (χ0) is 24.9. The summed E-state index contributed by atoms with van der Waals surface area (Å²) in [5.41, 5.74) is 0.184. The number of carbonyl (C=O) groups is 2. The van der Waals surface area contributed by atoms with Crippen molar-refractivity contribution < 1.29 is 27.5 Å². The first-order chi connectivity index (χ1) is 16.1. The number of hydrogen-bond acceptors (Lipinski definition) is 6. The lowest BCUT2D eigenvalue weighted by atomic mass is 10.0. The van der Waals surface area contributed by atoms with Crippen molar-refractivity contribution in [2.75, 3.05) is 53.0 Å². The normalized spacial score (nSPS) is 21.9. The predicted molar refractivity (Wildman–Crippen MR) is 128 cm³/mol. The molecule has 0 aromatic heterocycles. The molecule has 2 aliphatic rings. The van der Waals surface area contributed by atoms with E-state index in [9.17, 15) is 18.0 Å². The molecule has 188 valence electrons. The molecule has 10 heteroatoms. The van der Waals surface area contributed by atoms with E-state index in [-0.39, 0.29) is 48.0 Å². The summed E-state index contributed by atoms with van der Waals surface area (Å²) in [4.78, 5) is 28.9. The van der Waals surface area contributed by atoms with Crippen LogP contribution in [0.2, 0.25) is 0 Å². The van der Waals surface area contributed by atoms with E-state index in [4.69, 9.17) is 9.47 Å². The zero-order valence-corrected chi connectivity index (χ0v) is 21.2. The highest BCUT2D eigenvalue weighted by Crippen LogP contribution is 2.27. The van der Waals surface area contributed by atoms with Crippen LogP contribution < -0.4 is 4.74 Å². The maximum atomic E-state index is 13.3. The number of sulfonamides is 1. The summed E-state index contributed by atoms with van der Waals surface area (Å²) in [6.07, 6.45) is 4.46. The van der Waals surface area contributed by atoms with Crippen molar-refractivity contribution >= 4 is 21.8 Å². The van der Waals surface area contributed by atoms with Crippen LogP contribution in [-0.2, 0) is 19.6 Å². The minimum atomic E-state index is -3.77. The molecule has 1 aromatic rings. The second kappa shape index (κ2) is 11.3. The molecular weight excluding hydrogens is 458 g/mol. The van der Waals surface area contributed by atoms with E-state index in [0.717, 1.165) is 6.42 Å². The average molecular weight is 494 g/mol. The molecule has 0 bridgehead atoms. The lowest BCUT2D eigenvalue weighted by molar-refractivity contribution is -0.131. The van der Waals surface area contributed by atoms with Crippen LogP contribution in [0.4, 0.5) is 0 Å². The van der Waals surface area contributed by atoms with Gasteiger partial charge in [0, 0.05) is 40.2 Å². The summed E-state index contributed by atoms with van der Waals surface area (Å²) < 4.78 is 39.1. The number of likely N-dealkylation sites (N-methyl/N-ethyl adjacent to an activating group) is 1. The quantitative estimate of drug-likeness (QED) is 0.596. The predicted octanol–water partition coefficient (Wildman–Crippen LogP) is 1.99. The van der Waals surface area contributed by atoms with Gasteiger partial charge in [0.25, 0.3) is 5.91 Å². The Morgan fingerprint density at radius 1 is 1.15 bits per heavy atom. The fourth-order valence-electron chi connectivity index (χ4n) is 4.16. The number of fused-ring (bicyclic) bond motifs is 1. The smallest absolute Gasteiger partial charge is 0.257 e. The van der Waals surface area contributed by atoms with E-state index >= 15 is 0 Å². The van der Waals surface area contributed by atoms with Gasteiger partial charge in [-0.3, -0.25) is 9.59 Å². The van der Waals surface area contributed by atoms with Crippen molar-refractivity contribution in [1.29, 1.82) is 0 Å². The zero-order valence-electron chi connectivity index (χ0n) is 20.4. The van der Waals surface area contributed by atoms with Crippen molar-refractivity contribution in [2.45, 2.75) is 38.1 Å². The number of ether oxygens (including phenoxy) is 2. The van der Waals surface area contributed by atoms with Gasteiger partial charge < -0.3 is 19.3 Å². The highest BCUT2D eigenvalue weighted by Gasteiger charge is 2.29. The topological polar surface area (TPSA) is 96.5 Å². The molecule has 3 rings (SSSR count). The molecule has 0 N–H and O–H groups in total. The summed E-state index contributed by atoms with van der Waals surface area (Å²) in [6, 6.07) is 4.23. The Balaban J connectivity index is 1.99. The van der Waals surface area contributed by atoms with Gasteiger partial charge in [-0.1, -0.05) is 26.0 Å². The Kier molecular flexibility index (Phi) is 8.72. The van der Waals surface area contributed by atoms with Gasteiger partial charge in [-0.2, -0.15) is 4.31 Å². The van der Waals surface area contributed by atoms with Crippen LogP contribution in [0.5, 0.6) is 5.75 Å². The van der Waals surface area contributed by atoms with Gasteiger partial charge in [0.15, 0.2) is 0 Å². The molecule has 0 unspecified atom stereocenters. The lowest BCUT2D eigenvalue weighted by Crippen LogP contribution is -2.44. The van der Waals surface area contributed by atoms with E-state index < -0.39 is 10.0 Å². The largest absolute Gasteiger partial charge is 0.491 e. The fraction of sp³-hybridized carbons (Fsp3) is 0.583. The highest BCUT2D eigenvalue weighted by atomic mass is 32.2. The Labute approximate surface area is 202 Å². The number of nitrogens with zero attached hydrogens (tertiary/aromatic N) is 3. The summed E-state index contributed by atoms with van der Waals surface area (Å²) >= 11 is 0. The van der Waals surface area contributed by atoms with E-state index in [1.165, 1.54) is 21.3 Å². The van der Waals surface area contributed by atoms with Crippen molar-refractivity contribution in [1.82, 2.24) is 14.1 Å². The highest BCUT2D eigenvalue weighted by molar-refractivity contribution is 7.89. The molecule has 2 amide bonds. The Morgan fingerprint density at radius 2 is 1.82 bits per heavy atom. The molecule has 0 spiro atoms. The lowest BCUT2D eigenvalue weighted by Gasteiger charge is -2.32. The number of benzene rings is 1. The number of carbonyl (C=O) groups excluding carboxylic acids is 2. The second-order valence-electron chi connectivity index (χ2n) is 9.10. The first-order valence-electron chi connectivity index (χ1n) is 11.6. The SMILES string of the molecule is CC(=O)N1C/C=C/CN(C)C(=O)c2cc(S(=O)(=O)N3CCOCC3)ccc2OC[C@H]1CC(C)C. The van der Waals surface area contributed by atoms with Gasteiger partial charge in [-0.25, -0.2) is 8.42 Å². The van der Waals surface area contributed by atoms with Crippen molar-refractivity contribution in [2.24, 2.45) is 5.92 Å². The van der Waals surface area contributed by atoms with Gasteiger partial charge in [0.2, 0.25) is 15.9 Å². The number of morpholine rings is 1. The molecular formula is C24H35N3O6S. The van der Waals surface area contributed by atoms with Crippen molar-refractivity contribution in [3.8, 4) is 5.75 Å². The first kappa shape index (κ1) is 26.2. The second-order valence-corrected chi connectivity index (χ2v) is 11.0. The third-order valence-corrected chi connectivity index (χ3v) is 7.90. The molecule has 0 radical (unpaired) electrons. The van der Waals surface area contributed by atoms with Crippen LogP contribution in [0.25, 0.3) is 0 Å². The fourth-order valence-corrected chi connectivity index (χ4v) is 5.59. The van der Waals surface area contributed by atoms with Gasteiger partial charge in [0.05, 0.1) is 29.7 Å². The minimum absolute atomic E-state index is 0.0465. The summed E-state index contributed by atoms with van der Waals surface area (Å²) in [7, 11) is -2.12. The molecule has 1 fully saturated rings. The van der Waals surface area contributed by atoms with Crippen molar-refractivity contribution in [3.05, 3.63) is 35.9 Å². The Morgan fingerprint density at radius 3 is 2.47 bits per heavy atom. The molecule has 9 nitrogen and oxygen atoms in total. The molecule has 1 aromatic carbocycles. The van der Waals surface area contributed by atoms with E-state index in [2.05, 4.69) is 13.8 Å². The maximum absolute atomic E-state index is 13.3. The van der Waals surface area contributed by atoms with Gasteiger partial charge in [0.1, 0.15) is 12.4 Å². The van der Waals surface area contributed by atoms with Gasteiger partial charge in [-0.05, 0) is 30.5 Å². The molecule has 1 saturated heterocycles. The third-order valence-electron chi connectivity index (χ3n) is 6.00. The first-order valence-corrected chi connectivity index (χ1v) is 13.1. The van der Waals surface area contributed by atoms with Crippen LogP contribution in [0, 0.1) is 5.92 Å².